The van der Waals surface area contributed by atoms with Gasteiger partial charge in [0.25, 0.3) is 0 Å². The van der Waals surface area contributed by atoms with Crippen molar-refractivity contribution in [3.05, 3.63) is 76.5 Å². The van der Waals surface area contributed by atoms with Crippen LogP contribution in [0.15, 0.2) is 66.0 Å². The molecular weight excluding hydrogens is 502 g/mol. The number of esters is 1. The maximum absolute atomic E-state index is 14.0. The van der Waals surface area contributed by atoms with Crippen LogP contribution in [-0.4, -0.2) is 45.4 Å². The second-order valence-corrected chi connectivity index (χ2v) is 10.2. The predicted molar refractivity (Wildman–Crippen MR) is 145 cm³/mol. The van der Waals surface area contributed by atoms with Crippen LogP contribution in [0.4, 0.5) is 5.69 Å². The highest BCUT2D eigenvalue weighted by molar-refractivity contribution is 7.10. The van der Waals surface area contributed by atoms with E-state index in [1.54, 1.807) is 31.2 Å². The number of fused-ring (bicyclic) bond motifs is 1. The summed E-state index contributed by atoms with van der Waals surface area (Å²) in [5.74, 6) is -1.00. The van der Waals surface area contributed by atoms with E-state index in [0.29, 0.717) is 16.8 Å². The van der Waals surface area contributed by atoms with Crippen LogP contribution in [-0.2, 0) is 20.9 Å². The summed E-state index contributed by atoms with van der Waals surface area (Å²) < 4.78 is 6.64. The van der Waals surface area contributed by atoms with Crippen molar-refractivity contribution in [3.63, 3.8) is 0 Å². The van der Waals surface area contributed by atoms with Gasteiger partial charge in [-0.05, 0) is 67.6 Å². The molecule has 0 spiro atoms. The number of hydrogen-bond donors (Lipinski definition) is 1. The molecule has 0 saturated heterocycles. The Kier molecular flexibility index (Phi) is 7.78. The Balaban J connectivity index is 1.53. The molecule has 10 heteroatoms. The topological polar surface area (TPSA) is 106 Å². The lowest BCUT2D eigenvalue weighted by Gasteiger charge is -2.31. The second-order valence-electron chi connectivity index (χ2n) is 9.17. The van der Waals surface area contributed by atoms with Gasteiger partial charge in [0.2, 0.25) is 11.8 Å². The summed E-state index contributed by atoms with van der Waals surface area (Å²) in [6, 6.07) is 16.9. The Hall–Kier alpha value is -4.05. The highest BCUT2D eigenvalue weighted by Crippen LogP contribution is 2.32. The van der Waals surface area contributed by atoms with E-state index in [9.17, 15) is 14.4 Å². The average molecular weight is 532 g/mol. The van der Waals surface area contributed by atoms with Crippen molar-refractivity contribution in [3.8, 4) is 0 Å². The van der Waals surface area contributed by atoms with E-state index < -0.39 is 12.0 Å². The zero-order valence-corrected chi connectivity index (χ0v) is 21.9. The number of carbonyl (C=O) groups is 3. The number of anilines is 1. The molecule has 9 nitrogen and oxygen atoms in total. The van der Waals surface area contributed by atoms with Crippen LogP contribution in [0.25, 0.3) is 11.0 Å². The van der Waals surface area contributed by atoms with Gasteiger partial charge in [-0.2, -0.15) is 0 Å². The van der Waals surface area contributed by atoms with Crippen LogP contribution < -0.4 is 10.2 Å². The summed E-state index contributed by atoms with van der Waals surface area (Å²) in [6.45, 7) is 1.90. The van der Waals surface area contributed by atoms with E-state index >= 15 is 0 Å². The van der Waals surface area contributed by atoms with E-state index in [0.717, 1.165) is 36.1 Å². The number of thiophene rings is 1. The summed E-state index contributed by atoms with van der Waals surface area (Å²) >= 11 is 1.42. The normalized spacial score (nSPS) is 14.3. The summed E-state index contributed by atoms with van der Waals surface area (Å²) in [7, 11) is 0. The van der Waals surface area contributed by atoms with Crippen molar-refractivity contribution in [1.29, 1.82) is 0 Å². The molecule has 2 aromatic heterocycles. The number of para-hydroxylation sites is 1. The van der Waals surface area contributed by atoms with Crippen molar-refractivity contribution >= 4 is 45.8 Å². The van der Waals surface area contributed by atoms with Gasteiger partial charge in [-0.3, -0.25) is 14.5 Å². The monoisotopic (exact) mass is 531 g/mol. The number of carbonyl (C=O) groups excluding carboxylic acids is 3. The molecule has 0 unspecified atom stereocenters. The molecule has 0 bridgehead atoms. The van der Waals surface area contributed by atoms with E-state index in [4.69, 9.17) is 4.74 Å². The summed E-state index contributed by atoms with van der Waals surface area (Å²) in [6.07, 6.45) is 4.00. The van der Waals surface area contributed by atoms with E-state index in [2.05, 4.69) is 15.6 Å². The van der Waals surface area contributed by atoms with Gasteiger partial charge in [0.15, 0.2) is 0 Å². The van der Waals surface area contributed by atoms with Gasteiger partial charge in [-0.25, -0.2) is 9.48 Å². The first kappa shape index (κ1) is 25.6. The van der Waals surface area contributed by atoms with Crippen molar-refractivity contribution in [1.82, 2.24) is 20.3 Å². The highest BCUT2D eigenvalue weighted by Gasteiger charge is 2.35. The minimum Gasteiger partial charge on any atom is -0.462 e. The molecule has 0 radical (unpaired) electrons. The lowest BCUT2D eigenvalue weighted by molar-refractivity contribution is -0.127. The molecule has 38 heavy (non-hydrogen) atoms. The fourth-order valence-electron chi connectivity index (χ4n) is 4.82. The molecule has 2 amide bonds. The van der Waals surface area contributed by atoms with Crippen LogP contribution in [0.1, 0.15) is 53.9 Å². The number of nitrogens with one attached hydrogen (secondary N) is 1. The number of ether oxygens (including phenoxy) is 1. The van der Waals surface area contributed by atoms with Crippen molar-refractivity contribution in [2.24, 2.45) is 0 Å². The summed E-state index contributed by atoms with van der Waals surface area (Å²) in [4.78, 5) is 42.3. The first-order chi connectivity index (χ1) is 18.5. The molecular formula is C28H29N5O4S. The SMILES string of the molecule is CCOC(=O)c1ccc(N(C(=O)Cn2nnc3ccccc32)[C@H](C(=O)NC2CCCC2)c2cccs2)cc1. The van der Waals surface area contributed by atoms with Gasteiger partial charge in [-0.15, -0.1) is 16.4 Å². The maximum Gasteiger partial charge on any atom is 0.338 e. The molecule has 1 aliphatic carbocycles. The zero-order valence-electron chi connectivity index (χ0n) is 21.1. The fourth-order valence-corrected chi connectivity index (χ4v) is 5.63. The Morgan fingerprint density at radius 2 is 1.84 bits per heavy atom. The fraction of sp³-hybridized carbons (Fsp3) is 0.321. The average Bonchev–Trinajstić information content (AvgIpc) is 3.71. The number of nitrogens with zero attached hydrogens (tertiary/aromatic N) is 4. The first-order valence-electron chi connectivity index (χ1n) is 12.8. The van der Waals surface area contributed by atoms with Crippen LogP contribution in [0.3, 0.4) is 0 Å². The van der Waals surface area contributed by atoms with Crippen molar-refractivity contribution in [2.45, 2.75) is 51.2 Å². The largest absolute Gasteiger partial charge is 0.462 e. The predicted octanol–water partition coefficient (Wildman–Crippen LogP) is 4.50. The van der Waals surface area contributed by atoms with Gasteiger partial charge in [0.05, 0.1) is 17.7 Å². The van der Waals surface area contributed by atoms with Gasteiger partial charge >= 0.3 is 5.97 Å². The Morgan fingerprint density at radius 3 is 2.55 bits per heavy atom. The van der Waals surface area contributed by atoms with Gasteiger partial charge in [0, 0.05) is 16.6 Å². The molecule has 2 heterocycles. The smallest absolute Gasteiger partial charge is 0.338 e. The molecule has 0 aliphatic heterocycles. The molecule has 1 atom stereocenters. The number of aromatic nitrogens is 3. The number of benzene rings is 2. The summed E-state index contributed by atoms with van der Waals surface area (Å²) in [5.41, 5.74) is 2.27. The van der Waals surface area contributed by atoms with E-state index in [-0.39, 0.29) is 31.0 Å². The zero-order chi connectivity index (χ0) is 26.5. The van der Waals surface area contributed by atoms with Crippen LogP contribution in [0, 0.1) is 0 Å². The first-order valence-corrected chi connectivity index (χ1v) is 13.6. The second kappa shape index (κ2) is 11.6. The van der Waals surface area contributed by atoms with Crippen LogP contribution in [0.2, 0.25) is 0 Å². The van der Waals surface area contributed by atoms with Gasteiger partial charge in [0.1, 0.15) is 18.1 Å². The third-order valence-electron chi connectivity index (χ3n) is 6.65. The van der Waals surface area contributed by atoms with Crippen molar-refractivity contribution < 1.29 is 19.1 Å². The van der Waals surface area contributed by atoms with Crippen LogP contribution >= 0.6 is 11.3 Å². The third-order valence-corrected chi connectivity index (χ3v) is 7.58. The maximum atomic E-state index is 14.0. The number of hydrogen-bond acceptors (Lipinski definition) is 7. The third kappa shape index (κ3) is 5.45. The lowest BCUT2D eigenvalue weighted by Crippen LogP contribution is -2.47. The number of rotatable bonds is 9. The Morgan fingerprint density at radius 1 is 1.08 bits per heavy atom. The minimum absolute atomic E-state index is 0.0902. The molecule has 1 fully saturated rings. The Bertz CT molecular complexity index is 1410. The standard InChI is InChI=1S/C28H29N5O4S/c1-2-37-28(36)19-13-15-21(16-14-19)33(25(34)18-32-23-11-6-5-10-22(23)30-31-32)26(24-12-7-17-38-24)27(35)29-20-8-3-4-9-20/h5-7,10-17,20,26H,2-4,8-9,18H2,1H3,(H,29,35)/t26-/m0/s1. The van der Waals surface area contributed by atoms with Crippen molar-refractivity contribution in [2.75, 3.05) is 11.5 Å². The molecule has 196 valence electrons. The quantitative estimate of drug-likeness (QED) is 0.319. The van der Waals surface area contributed by atoms with Gasteiger partial charge < -0.3 is 10.1 Å². The minimum atomic E-state index is -0.883. The lowest BCUT2D eigenvalue weighted by atomic mass is 10.1. The number of amides is 2. The molecule has 1 saturated carbocycles. The molecule has 1 aliphatic rings. The van der Waals surface area contributed by atoms with E-state index in [1.165, 1.54) is 20.9 Å². The molecule has 5 rings (SSSR count). The highest BCUT2D eigenvalue weighted by atomic mass is 32.1. The van der Waals surface area contributed by atoms with E-state index in [1.807, 2.05) is 41.8 Å². The summed E-state index contributed by atoms with van der Waals surface area (Å²) in [5, 5.41) is 13.4. The van der Waals surface area contributed by atoms with Gasteiger partial charge in [-0.1, -0.05) is 36.3 Å². The molecule has 2 aromatic carbocycles. The Labute approximate surface area is 224 Å². The molecule has 1 N–H and O–H groups in total. The molecule has 4 aromatic rings. The van der Waals surface area contributed by atoms with Crippen LogP contribution in [0.5, 0.6) is 0 Å².